The molecule has 0 bridgehead atoms. The van der Waals surface area contributed by atoms with E-state index in [0.29, 0.717) is 11.7 Å². The van der Waals surface area contributed by atoms with Gasteiger partial charge < -0.3 is 10.3 Å². The zero-order chi connectivity index (χ0) is 15.2. The van der Waals surface area contributed by atoms with Crippen LogP contribution in [0, 0.1) is 0 Å². The van der Waals surface area contributed by atoms with Crippen LogP contribution >= 0.6 is 0 Å². The van der Waals surface area contributed by atoms with Gasteiger partial charge >= 0.3 is 0 Å². The molecule has 2 N–H and O–H groups in total. The van der Waals surface area contributed by atoms with Crippen molar-refractivity contribution in [1.29, 1.82) is 0 Å². The molecule has 0 radical (unpaired) electrons. The lowest BCUT2D eigenvalue weighted by atomic mass is 10.0. The molecule has 0 saturated heterocycles. The maximum atomic E-state index is 5.77. The molecule has 2 atom stereocenters. The molecule has 0 amide bonds. The van der Waals surface area contributed by atoms with E-state index in [9.17, 15) is 0 Å². The SMILES string of the molecule is CCc1cccnc1-c1noc(C(C)CCCC(C)N)n1. The molecule has 2 rings (SSSR count). The van der Waals surface area contributed by atoms with Gasteiger partial charge in [0.1, 0.15) is 5.69 Å². The predicted octanol–water partition coefficient (Wildman–Crippen LogP) is 3.32. The molecule has 0 aliphatic heterocycles. The molecule has 2 aromatic rings. The number of aromatic nitrogens is 3. The summed E-state index contributed by atoms with van der Waals surface area (Å²) in [4.78, 5) is 8.89. The van der Waals surface area contributed by atoms with Crippen molar-refractivity contribution in [1.82, 2.24) is 15.1 Å². The van der Waals surface area contributed by atoms with E-state index in [1.807, 2.05) is 19.1 Å². The van der Waals surface area contributed by atoms with Crippen molar-refractivity contribution in [2.45, 2.75) is 58.4 Å². The van der Waals surface area contributed by atoms with Crippen molar-refractivity contribution in [2.24, 2.45) is 5.73 Å². The predicted molar refractivity (Wildman–Crippen MR) is 82.8 cm³/mol. The molecule has 21 heavy (non-hydrogen) atoms. The minimum absolute atomic E-state index is 0.246. The highest BCUT2D eigenvalue weighted by molar-refractivity contribution is 5.53. The quantitative estimate of drug-likeness (QED) is 0.845. The van der Waals surface area contributed by atoms with Crippen LogP contribution in [0.2, 0.25) is 0 Å². The van der Waals surface area contributed by atoms with Crippen LogP contribution in [0.5, 0.6) is 0 Å². The summed E-state index contributed by atoms with van der Waals surface area (Å²) >= 11 is 0. The van der Waals surface area contributed by atoms with Crippen molar-refractivity contribution in [3.05, 3.63) is 29.8 Å². The molecule has 114 valence electrons. The van der Waals surface area contributed by atoms with Gasteiger partial charge in [-0.05, 0) is 37.8 Å². The Morgan fingerprint density at radius 1 is 1.29 bits per heavy atom. The van der Waals surface area contributed by atoms with E-state index in [-0.39, 0.29) is 12.0 Å². The van der Waals surface area contributed by atoms with Gasteiger partial charge in [0.05, 0.1) is 0 Å². The van der Waals surface area contributed by atoms with Crippen LogP contribution in [-0.4, -0.2) is 21.2 Å². The Kier molecular flexibility index (Phi) is 5.44. The summed E-state index contributed by atoms with van der Waals surface area (Å²) in [5, 5.41) is 4.09. The average molecular weight is 288 g/mol. The Morgan fingerprint density at radius 3 is 2.81 bits per heavy atom. The molecule has 0 aromatic carbocycles. The second kappa shape index (κ2) is 7.31. The third kappa shape index (κ3) is 4.11. The summed E-state index contributed by atoms with van der Waals surface area (Å²) in [5.74, 6) is 1.52. The molecule has 0 aliphatic carbocycles. The Labute approximate surface area is 126 Å². The van der Waals surface area contributed by atoms with Crippen LogP contribution in [0.15, 0.2) is 22.9 Å². The zero-order valence-corrected chi connectivity index (χ0v) is 13.0. The lowest BCUT2D eigenvalue weighted by Gasteiger charge is -2.07. The first-order valence-electron chi connectivity index (χ1n) is 7.65. The fourth-order valence-electron chi connectivity index (χ4n) is 2.33. The summed E-state index contributed by atoms with van der Waals surface area (Å²) < 4.78 is 5.41. The maximum Gasteiger partial charge on any atom is 0.229 e. The van der Waals surface area contributed by atoms with Crippen LogP contribution in [-0.2, 0) is 6.42 Å². The first kappa shape index (κ1) is 15.6. The molecule has 0 spiro atoms. The summed E-state index contributed by atoms with van der Waals surface area (Å²) in [5.41, 5.74) is 7.72. The molecular formula is C16H24N4O. The fourth-order valence-corrected chi connectivity index (χ4v) is 2.33. The number of rotatable bonds is 7. The summed E-state index contributed by atoms with van der Waals surface area (Å²) in [6.45, 7) is 6.23. The van der Waals surface area contributed by atoms with Gasteiger partial charge in [0.25, 0.3) is 0 Å². The number of nitrogens with two attached hydrogens (primary N) is 1. The van der Waals surface area contributed by atoms with E-state index in [0.717, 1.165) is 36.9 Å². The number of hydrogen-bond donors (Lipinski definition) is 1. The topological polar surface area (TPSA) is 77.8 Å². The Morgan fingerprint density at radius 2 is 2.10 bits per heavy atom. The van der Waals surface area contributed by atoms with E-state index >= 15 is 0 Å². The highest BCUT2D eigenvalue weighted by Crippen LogP contribution is 2.24. The van der Waals surface area contributed by atoms with E-state index in [4.69, 9.17) is 10.3 Å². The van der Waals surface area contributed by atoms with E-state index in [1.54, 1.807) is 6.20 Å². The smallest absolute Gasteiger partial charge is 0.229 e. The van der Waals surface area contributed by atoms with E-state index in [2.05, 4.69) is 29.0 Å². The molecule has 2 unspecified atom stereocenters. The Hall–Kier alpha value is -1.75. The fraction of sp³-hybridized carbons (Fsp3) is 0.562. The third-order valence-electron chi connectivity index (χ3n) is 3.64. The molecule has 0 aliphatic rings. The van der Waals surface area contributed by atoms with Gasteiger partial charge in [0.15, 0.2) is 0 Å². The van der Waals surface area contributed by atoms with Crippen molar-refractivity contribution >= 4 is 0 Å². The first-order valence-corrected chi connectivity index (χ1v) is 7.65. The number of hydrogen-bond acceptors (Lipinski definition) is 5. The highest BCUT2D eigenvalue weighted by atomic mass is 16.5. The number of aryl methyl sites for hydroxylation is 1. The normalized spacial score (nSPS) is 14.1. The van der Waals surface area contributed by atoms with Crippen LogP contribution in [0.3, 0.4) is 0 Å². The summed E-state index contributed by atoms with van der Waals surface area (Å²) in [6.07, 6.45) is 5.76. The number of pyridine rings is 1. The van der Waals surface area contributed by atoms with Gasteiger partial charge in [0.2, 0.25) is 11.7 Å². The standard InChI is InChI=1S/C16H24N4O/c1-4-13-9-6-10-18-14(13)15-19-16(21-20-15)11(2)7-5-8-12(3)17/h6,9-12H,4-5,7-8,17H2,1-3H3. The molecule has 0 saturated carbocycles. The van der Waals surface area contributed by atoms with Gasteiger partial charge in [0, 0.05) is 18.2 Å². The maximum absolute atomic E-state index is 5.77. The van der Waals surface area contributed by atoms with Crippen molar-refractivity contribution in [3.8, 4) is 11.5 Å². The second-order valence-electron chi connectivity index (χ2n) is 5.63. The molecule has 2 heterocycles. The van der Waals surface area contributed by atoms with Gasteiger partial charge in [-0.25, -0.2) is 0 Å². The minimum Gasteiger partial charge on any atom is -0.339 e. The van der Waals surface area contributed by atoms with E-state index in [1.165, 1.54) is 0 Å². The first-order chi connectivity index (χ1) is 10.1. The van der Waals surface area contributed by atoms with Gasteiger partial charge in [-0.3, -0.25) is 4.98 Å². The minimum atomic E-state index is 0.246. The van der Waals surface area contributed by atoms with Gasteiger partial charge in [-0.15, -0.1) is 0 Å². The molecule has 2 aromatic heterocycles. The van der Waals surface area contributed by atoms with E-state index < -0.39 is 0 Å². The molecule has 0 fully saturated rings. The summed E-state index contributed by atoms with van der Waals surface area (Å²) in [6, 6.07) is 4.22. The van der Waals surface area contributed by atoms with Crippen LogP contribution in [0.1, 0.15) is 57.4 Å². The van der Waals surface area contributed by atoms with Crippen LogP contribution in [0.25, 0.3) is 11.5 Å². The lowest BCUT2D eigenvalue weighted by molar-refractivity contribution is 0.349. The average Bonchev–Trinajstić information content (AvgIpc) is 2.96. The highest BCUT2D eigenvalue weighted by Gasteiger charge is 2.17. The molecule has 5 nitrogen and oxygen atoms in total. The second-order valence-corrected chi connectivity index (χ2v) is 5.63. The largest absolute Gasteiger partial charge is 0.339 e. The van der Waals surface area contributed by atoms with Crippen molar-refractivity contribution in [3.63, 3.8) is 0 Å². The van der Waals surface area contributed by atoms with Crippen molar-refractivity contribution < 1.29 is 4.52 Å². The van der Waals surface area contributed by atoms with Crippen molar-refractivity contribution in [2.75, 3.05) is 0 Å². The third-order valence-corrected chi connectivity index (χ3v) is 3.64. The Bertz CT molecular complexity index is 565. The van der Waals surface area contributed by atoms with Gasteiger partial charge in [-0.2, -0.15) is 4.98 Å². The Balaban J connectivity index is 2.07. The zero-order valence-electron chi connectivity index (χ0n) is 13.0. The van der Waals surface area contributed by atoms with Crippen LogP contribution < -0.4 is 5.73 Å². The van der Waals surface area contributed by atoms with Crippen LogP contribution in [0.4, 0.5) is 0 Å². The number of nitrogens with zero attached hydrogens (tertiary/aromatic N) is 3. The lowest BCUT2D eigenvalue weighted by Crippen LogP contribution is -2.14. The monoisotopic (exact) mass is 288 g/mol. The summed E-state index contributed by atoms with van der Waals surface area (Å²) in [7, 11) is 0. The molecule has 5 heteroatoms. The molecular weight excluding hydrogens is 264 g/mol. The van der Waals surface area contributed by atoms with Gasteiger partial charge in [-0.1, -0.05) is 31.5 Å².